The third kappa shape index (κ3) is 5.61. The number of carbonyl (C=O) groups excluding carboxylic acids is 2. The molecule has 0 saturated heterocycles. The minimum atomic E-state index is -0.253. The topological polar surface area (TPSA) is 73.2 Å². The van der Waals surface area contributed by atoms with E-state index in [0.29, 0.717) is 28.6 Å². The molecule has 0 heterocycles. The van der Waals surface area contributed by atoms with Gasteiger partial charge in [0.25, 0.3) is 5.91 Å². The Hall–Kier alpha value is -2.78. The van der Waals surface area contributed by atoms with E-state index in [1.165, 1.54) is 31.0 Å². The highest BCUT2D eigenvalue weighted by Gasteiger charge is 2.22. The minimum absolute atomic E-state index is 0.0961. The summed E-state index contributed by atoms with van der Waals surface area (Å²) in [5, 5.41) is 11.9. The number of nitrogens with one attached hydrogen (secondary N) is 1. The number of hydrogen-bond donors (Lipinski definition) is 1. The summed E-state index contributed by atoms with van der Waals surface area (Å²) in [6, 6.07) is 16.5. The van der Waals surface area contributed by atoms with E-state index < -0.39 is 0 Å². The Morgan fingerprint density at radius 2 is 1.90 bits per heavy atom. The maximum atomic E-state index is 12.8. The first-order valence-corrected chi connectivity index (χ1v) is 10.9. The van der Waals surface area contributed by atoms with Crippen molar-refractivity contribution in [1.29, 1.82) is 5.26 Å². The molecule has 0 aliphatic heterocycles. The van der Waals surface area contributed by atoms with Crippen molar-refractivity contribution in [1.82, 2.24) is 4.90 Å². The number of nitriles is 1. The Morgan fingerprint density at radius 1 is 1.14 bits per heavy atom. The van der Waals surface area contributed by atoms with Gasteiger partial charge in [-0.25, -0.2) is 0 Å². The van der Waals surface area contributed by atoms with E-state index in [4.69, 9.17) is 5.26 Å². The SMILES string of the molecule is CN(C(=O)CSc1ccccc1C(=O)Nc1cccc(C#N)c1)C1CCCCC1. The summed E-state index contributed by atoms with van der Waals surface area (Å²) in [4.78, 5) is 28.0. The Morgan fingerprint density at radius 3 is 2.66 bits per heavy atom. The van der Waals surface area contributed by atoms with Crippen molar-refractivity contribution in [2.75, 3.05) is 18.1 Å². The molecule has 150 valence electrons. The number of thioether (sulfide) groups is 1. The molecule has 0 radical (unpaired) electrons. The predicted octanol–water partition coefficient (Wildman–Crippen LogP) is 4.69. The highest BCUT2D eigenvalue weighted by atomic mass is 32.2. The van der Waals surface area contributed by atoms with Crippen LogP contribution in [0, 0.1) is 11.3 Å². The van der Waals surface area contributed by atoms with E-state index in [2.05, 4.69) is 11.4 Å². The van der Waals surface area contributed by atoms with Crippen LogP contribution in [0.4, 0.5) is 5.69 Å². The van der Waals surface area contributed by atoms with Crippen molar-refractivity contribution in [3.05, 3.63) is 59.7 Å². The first-order valence-electron chi connectivity index (χ1n) is 9.87. The maximum absolute atomic E-state index is 12.8. The second-order valence-electron chi connectivity index (χ2n) is 7.23. The molecule has 0 atom stereocenters. The molecule has 3 rings (SSSR count). The van der Waals surface area contributed by atoms with Gasteiger partial charge in [-0.3, -0.25) is 9.59 Å². The van der Waals surface area contributed by atoms with Crippen molar-refractivity contribution < 1.29 is 9.59 Å². The number of nitrogens with zero attached hydrogens (tertiary/aromatic N) is 2. The Labute approximate surface area is 176 Å². The summed E-state index contributed by atoms with van der Waals surface area (Å²) in [5.41, 5.74) is 1.58. The normalized spacial score (nSPS) is 14.1. The average molecular weight is 408 g/mol. The number of anilines is 1. The van der Waals surface area contributed by atoms with Crippen LogP contribution in [0.5, 0.6) is 0 Å². The van der Waals surface area contributed by atoms with E-state index in [9.17, 15) is 9.59 Å². The van der Waals surface area contributed by atoms with Crippen molar-refractivity contribution in [3.8, 4) is 6.07 Å². The molecule has 5 nitrogen and oxygen atoms in total. The maximum Gasteiger partial charge on any atom is 0.256 e. The van der Waals surface area contributed by atoms with Crippen molar-refractivity contribution >= 4 is 29.3 Å². The molecule has 1 N–H and O–H groups in total. The molecular formula is C23H25N3O2S. The number of carbonyl (C=O) groups is 2. The van der Waals surface area contributed by atoms with Crippen LogP contribution in [0.15, 0.2) is 53.4 Å². The fourth-order valence-corrected chi connectivity index (χ4v) is 4.53. The van der Waals surface area contributed by atoms with E-state index in [1.54, 1.807) is 36.4 Å². The molecule has 2 aromatic carbocycles. The van der Waals surface area contributed by atoms with Crippen LogP contribution < -0.4 is 5.32 Å². The van der Waals surface area contributed by atoms with Gasteiger partial charge in [0.15, 0.2) is 0 Å². The lowest BCUT2D eigenvalue weighted by atomic mass is 9.94. The second-order valence-corrected chi connectivity index (χ2v) is 8.25. The van der Waals surface area contributed by atoms with Gasteiger partial charge in [0.1, 0.15) is 0 Å². The molecule has 0 unspecified atom stereocenters. The van der Waals surface area contributed by atoms with Gasteiger partial charge in [0.05, 0.1) is 22.9 Å². The molecule has 2 aromatic rings. The van der Waals surface area contributed by atoms with Gasteiger partial charge in [-0.2, -0.15) is 5.26 Å². The molecule has 0 bridgehead atoms. The highest BCUT2D eigenvalue weighted by molar-refractivity contribution is 8.00. The molecule has 6 heteroatoms. The minimum Gasteiger partial charge on any atom is -0.342 e. The number of amides is 2. The van der Waals surface area contributed by atoms with Gasteiger partial charge in [-0.1, -0.05) is 37.5 Å². The third-order valence-corrected chi connectivity index (χ3v) is 6.31. The highest BCUT2D eigenvalue weighted by Crippen LogP contribution is 2.26. The Balaban J connectivity index is 1.64. The fraction of sp³-hybridized carbons (Fsp3) is 0.348. The van der Waals surface area contributed by atoms with Gasteiger partial charge in [-0.05, 0) is 43.2 Å². The summed E-state index contributed by atoms with van der Waals surface area (Å²) < 4.78 is 0. The van der Waals surface area contributed by atoms with Crippen LogP contribution in [-0.2, 0) is 4.79 Å². The molecule has 2 amide bonds. The summed E-state index contributed by atoms with van der Waals surface area (Å²) in [6.45, 7) is 0. The Bertz CT molecular complexity index is 916. The number of benzene rings is 2. The van der Waals surface area contributed by atoms with Gasteiger partial charge in [0, 0.05) is 23.7 Å². The van der Waals surface area contributed by atoms with E-state index in [-0.39, 0.29) is 11.8 Å². The van der Waals surface area contributed by atoms with Crippen LogP contribution >= 0.6 is 11.8 Å². The Kier molecular flexibility index (Phi) is 7.31. The molecule has 1 aliphatic carbocycles. The largest absolute Gasteiger partial charge is 0.342 e. The lowest BCUT2D eigenvalue weighted by molar-refractivity contribution is -0.129. The zero-order valence-electron chi connectivity index (χ0n) is 16.6. The summed E-state index contributed by atoms with van der Waals surface area (Å²) in [7, 11) is 1.89. The van der Waals surface area contributed by atoms with Crippen LogP contribution in [0.25, 0.3) is 0 Å². The van der Waals surface area contributed by atoms with Crippen LogP contribution in [-0.4, -0.2) is 35.6 Å². The first-order chi connectivity index (χ1) is 14.1. The lowest BCUT2D eigenvalue weighted by Crippen LogP contribution is -2.39. The monoisotopic (exact) mass is 407 g/mol. The second kappa shape index (κ2) is 10.1. The zero-order valence-corrected chi connectivity index (χ0v) is 17.4. The van der Waals surface area contributed by atoms with Crippen molar-refractivity contribution in [2.45, 2.75) is 43.0 Å². The zero-order chi connectivity index (χ0) is 20.6. The van der Waals surface area contributed by atoms with Gasteiger partial charge in [0.2, 0.25) is 5.91 Å². The van der Waals surface area contributed by atoms with Crippen LogP contribution in [0.3, 0.4) is 0 Å². The van der Waals surface area contributed by atoms with Crippen LogP contribution in [0.1, 0.15) is 48.0 Å². The van der Waals surface area contributed by atoms with Gasteiger partial charge >= 0.3 is 0 Å². The van der Waals surface area contributed by atoms with E-state index in [0.717, 1.165) is 17.7 Å². The molecule has 0 spiro atoms. The standard InChI is InChI=1S/C23H25N3O2S/c1-26(19-10-3-2-4-11-19)22(27)16-29-21-13-6-5-12-20(21)23(28)25-18-9-7-8-17(14-18)15-24/h5-9,12-14,19H,2-4,10-11,16H2,1H3,(H,25,28). The summed E-state index contributed by atoms with van der Waals surface area (Å²) >= 11 is 1.39. The molecule has 1 aliphatic rings. The molecule has 1 fully saturated rings. The third-order valence-electron chi connectivity index (χ3n) is 5.25. The van der Waals surface area contributed by atoms with Crippen molar-refractivity contribution in [3.63, 3.8) is 0 Å². The van der Waals surface area contributed by atoms with Gasteiger partial charge in [-0.15, -0.1) is 11.8 Å². The summed E-state index contributed by atoms with van der Waals surface area (Å²) in [5.74, 6) is 0.149. The number of rotatable bonds is 6. The lowest BCUT2D eigenvalue weighted by Gasteiger charge is -2.31. The molecule has 29 heavy (non-hydrogen) atoms. The quantitative estimate of drug-likeness (QED) is 0.705. The first kappa shape index (κ1) is 20.9. The summed E-state index contributed by atoms with van der Waals surface area (Å²) in [6.07, 6.45) is 5.78. The number of hydrogen-bond acceptors (Lipinski definition) is 4. The van der Waals surface area contributed by atoms with Crippen LogP contribution in [0.2, 0.25) is 0 Å². The average Bonchev–Trinajstić information content (AvgIpc) is 2.77. The molecular weight excluding hydrogens is 382 g/mol. The van der Waals surface area contributed by atoms with Gasteiger partial charge < -0.3 is 10.2 Å². The fourth-order valence-electron chi connectivity index (χ4n) is 3.56. The molecule has 0 aromatic heterocycles. The predicted molar refractivity (Wildman–Crippen MR) is 116 cm³/mol. The van der Waals surface area contributed by atoms with E-state index >= 15 is 0 Å². The molecule has 1 saturated carbocycles. The smallest absolute Gasteiger partial charge is 0.256 e. The van der Waals surface area contributed by atoms with E-state index in [1.807, 2.05) is 24.1 Å². The van der Waals surface area contributed by atoms with Crippen molar-refractivity contribution in [2.24, 2.45) is 0 Å².